The number of hydrogen-bond donors (Lipinski definition) is 2. The van der Waals surface area contributed by atoms with E-state index in [1.54, 1.807) is 30.7 Å². The van der Waals surface area contributed by atoms with E-state index in [1.165, 1.54) is 6.33 Å². The number of anilines is 3. The summed E-state index contributed by atoms with van der Waals surface area (Å²) < 4.78 is 41.2. The van der Waals surface area contributed by atoms with E-state index in [9.17, 15) is 18.0 Å². The average molecular weight is 662 g/mol. The van der Waals surface area contributed by atoms with E-state index in [0.29, 0.717) is 46.0 Å². The topological polar surface area (TPSA) is 111 Å². The van der Waals surface area contributed by atoms with Gasteiger partial charge in [0.25, 0.3) is 5.91 Å². The van der Waals surface area contributed by atoms with Gasteiger partial charge in [-0.3, -0.25) is 14.1 Å². The minimum atomic E-state index is -4.58. The third-order valence-corrected chi connectivity index (χ3v) is 8.05. The highest BCUT2D eigenvalue weighted by molar-refractivity contribution is 14.2. The summed E-state index contributed by atoms with van der Waals surface area (Å²) in [6.45, 7) is 3.77. The van der Waals surface area contributed by atoms with E-state index in [0.717, 1.165) is 29.5 Å². The number of imidazole rings is 1. The van der Waals surface area contributed by atoms with Crippen LogP contribution in [0.4, 0.5) is 30.4 Å². The van der Waals surface area contributed by atoms with Crippen molar-refractivity contribution in [2.45, 2.75) is 20.0 Å². The van der Waals surface area contributed by atoms with Gasteiger partial charge in [0, 0.05) is 29.3 Å². The van der Waals surface area contributed by atoms with Crippen LogP contribution in [0.25, 0.3) is 22.4 Å². The van der Waals surface area contributed by atoms with Gasteiger partial charge in [-0.15, -0.1) is 0 Å². The molecule has 5 aromatic rings. The highest BCUT2D eigenvalue weighted by Gasteiger charge is 2.31. The SMILES string of the molecule is Cc1cc(NC(=O)c2cc(C(F)(F)F)ccn2)cc(Nc2ncccc2-c2ncnc3c2ncn3PI)c1C. The van der Waals surface area contributed by atoms with Crippen molar-refractivity contribution in [2.75, 3.05) is 10.6 Å². The number of hydrogen-bond acceptors (Lipinski definition) is 7. The van der Waals surface area contributed by atoms with E-state index < -0.39 is 17.6 Å². The molecule has 198 valence electrons. The van der Waals surface area contributed by atoms with Crippen LogP contribution in [0, 0.1) is 13.8 Å². The maximum absolute atomic E-state index is 13.1. The summed E-state index contributed by atoms with van der Waals surface area (Å²) in [6.07, 6.45) is 1.64. The fourth-order valence-corrected chi connectivity index (χ4v) is 5.31. The van der Waals surface area contributed by atoms with Gasteiger partial charge in [-0.2, -0.15) is 13.2 Å². The number of alkyl halides is 3. The van der Waals surface area contributed by atoms with E-state index in [1.807, 2.05) is 24.3 Å². The maximum atomic E-state index is 13.1. The Morgan fingerprint density at radius 1 is 1.03 bits per heavy atom. The molecule has 0 bridgehead atoms. The van der Waals surface area contributed by atoms with E-state index in [-0.39, 0.29) is 5.69 Å². The van der Waals surface area contributed by atoms with Gasteiger partial charge in [0.1, 0.15) is 35.4 Å². The standard InChI is InChI=1S/C25H19F3IN8OP/c1-13-8-16(35-24(38)19-9-15(5-7-30-19)25(26,27)28)10-18(14(13)2)36-22-17(4-3-6-31-22)20-21-23(33-11-32-20)37(39-29)12-34-21/h3-12,39H,1-2H3,(H,31,36)(H,35,38). The molecule has 0 aliphatic rings. The quantitative estimate of drug-likeness (QED) is 0.154. The van der Waals surface area contributed by atoms with Crippen molar-refractivity contribution in [3.8, 4) is 11.3 Å². The largest absolute Gasteiger partial charge is 0.416 e. The van der Waals surface area contributed by atoms with E-state index in [2.05, 4.69) is 57.6 Å². The van der Waals surface area contributed by atoms with Crippen LogP contribution in [0.15, 0.2) is 61.4 Å². The molecule has 4 aromatic heterocycles. The maximum Gasteiger partial charge on any atom is 0.416 e. The van der Waals surface area contributed by atoms with Crippen molar-refractivity contribution in [1.82, 2.24) is 29.3 Å². The molecule has 5 rings (SSSR count). The van der Waals surface area contributed by atoms with Crippen LogP contribution in [0.3, 0.4) is 0 Å². The Bertz CT molecular complexity index is 1710. The number of rotatable bonds is 6. The highest BCUT2D eigenvalue weighted by atomic mass is 127. The second-order valence-electron chi connectivity index (χ2n) is 8.47. The number of halogens is 4. The van der Waals surface area contributed by atoms with E-state index >= 15 is 0 Å². The summed E-state index contributed by atoms with van der Waals surface area (Å²) in [5, 5.41) is 5.97. The van der Waals surface area contributed by atoms with Crippen molar-refractivity contribution >= 4 is 62.7 Å². The first-order valence-electron chi connectivity index (χ1n) is 11.4. The monoisotopic (exact) mass is 662 g/mol. The molecular formula is C25H19F3IN8OP. The highest BCUT2D eigenvalue weighted by Crippen LogP contribution is 2.35. The molecule has 1 amide bonds. The van der Waals surface area contributed by atoms with Gasteiger partial charge in [0.2, 0.25) is 0 Å². The van der Waals surface area contributed by atoms with Crippen molar-refractivity contribution < 1.29 is 18.0 Å². The lowest BCUT2D eigenvalue weighted by Gasteiger charge is -2.16. The summed E-state index contributed by atoms with van der Waals surface area (Å²) in [5.41, 5.74) is 4.13. The van der Waals surface area contributed by atoms with Crippen LogP contribution in [0.5, 0.6) is 0 Å². The van der Waals surface area contributed by atoms with Crippen LogP contribution in [-0.4, -0.2) is 35.2 Å². The number of benzene rings is 1. The fourth-order valence-electron chi connectivity index (χ4n) is 3.90. The number of aromatic nitrogens is 6. The van der Waals surface area contributed by atoms with Gasteiger partial charge in [0.05, 0.1) is 11.9 Å². The predicted octanol–water partition coefficient (Wildman–Crippen LogP) is 6.71. The summed E-state index contributed by atoms with van der Waals surface area (Å²) in [5.74, 6) is -0.252. The number of pyridine rings is 2. The molecule has 0 saturated carbocycles. The molecule has 0 spiro atoms. The number of amides is 1. The molecule has 0 aliphatic carbocycles. The van der Waals surface area contributed by atoms with Crippen molar-refractivity contribution in [3.05, 3.63) is 83.8 Å². The van der Waals surface area contributed by atoms with Crippen LogP contribution in [-0.2, 0) is 6.18 Å². The summed E-state index contributed by atoms with van der Waals surface area (Å²) in [6, 6.07) is 8.62. The fraction of sp³-hybridized carbons (Fsp3) is 0.120. The summed E-state index contributed by atoms with van der Waals surface area (Å²) in [7, 11) is 0. The van der Waals surface area contributed by atoms with Crippen molar-refractivity contribution in [2.24, 2.45) is 0 Å². The Labute approximate surface area is 235 Å². The molecule has 9 nitrogen and oxygen atoms in total. The molecule has 2 N–H and O–H groups in total. The van der Waals surface area contributed by atoms with Crippen molar-refractivity contribution in [1.29, 1.82) is 0 Å². The molecule has 0 radical (unpaired) electrons. The van der Waals surface area contributed by atoms with Crippen LogP contribution in [0.2, 0.25) is 0 Å². The van der Waals surface area contributed by atoms with Gasteiger partial charge in [-0.1, -0.05) is 0 Å². The number of aryl methyl sites for hydroxylation is 1. The lowest BCUT2D eigenvalue weighted by atomic mass is 10.1. The van der Waals surface area contributed by atoms with Crippen molar-refractivity contribution in [3.63, 3.8) is 0 Å². The van der Waals surface area contributed by atoms with Gasteiger partial charge in [0.15, 0.2) is 5.65 Å². The predicted molar refractivity (Wildman–Crippen MR) is 153 cm³/mol. The molecule has 1 atom stereocenters. The van der Waals surface area contributed by atoms with Gasteiger partial charge >= 0.3 is 6.18 Å². The smallest absolute Gasteiger partial charge is 0.339 e. The summed E-state index contributed by atoms with van der Waals surface area (Å²) in [4.78, 5) is 34.4. The molecule has 0 saturated heterocycles. The van der Waals surface area contributed by atoms with E-state index in [4.69, 9.17) is 0 Å². The zero-order valence-electron chi connectivity index (χ0n) is 20.4. The second-order valence-corrected chi connectivity index (χ2v) is 10.6. The molecular weight excluding hydrogens is 643 g/mol. The van der Waals surface area contributed by atoms with Crippen LogP contribution < -0.4 is 10.6 Å². The zero-order valence-corrected chi connectivity index (χ0v) is 23.5. The Kier molecular flexibility index (Phi) is 7.45. The number of carbonyl (C=O) groups excluding carboxylic acids is 1. The molecule has 14 heteroatoms. The molecule has 0 aliphatic heterocycles. The third kappa shape index (κ3) is 5.55. The number of carbonyl (C=O) groups is 1. The third-order valence-electron chi connectivity index (χ3n) is 5.99. The second kappa shape index (κ2) is 10.8. The molecule has 1 unspecified atom stereocenters. The lowest BCUT2D eigenvalue weighted by molar-refractivity contribution is -0.137. The minimum Gasteiger partial charge on any atom is -0.339 e. The van der Waals surface area contributed by atoms with Crippen LogP contribution in [0.1, 0.15) is 27.2 Å². The number of fused-ring (bicyclic) bond motifs is 1. The van der Waals surface area contributed by atoms with Crippen LogP contribution >= 0.6 is 28.4 Å². The Morgan fingerprint density at radius 2 is 1.85 bits per heavy atom. The first kappa shape index (κ1) is 26.9. The Balaban J connectivity index is 1.48. The average Bonchev–Trinajstić information content (AvgIpc) is 3.35. The summed E-state index contributed by atoms with van der Waals surface area (Å²) >= 11 is 2.25. The Hall–Kier alpha value is -3.71. The number of nitrogens with zero attached hydrogens (tertiary/aromatic N) is 6. The first-order valence-corrected chi connectivity index (χ1v) is 15.4. The van der Waals surface area contributed by atoms with Gasteiger partial charge in [-0.25, -0.2) is 19.9 Å². The normalized spacial score (nSPS) is 11.8. The zero-order chi connectivity index (χ0) is 27.7. The molecule has 39 heavy (non-hydrogen) atoms. The number of nitrogens with one attached hydrogen (secondary N) is 2. The van der Waals surface area contributed by atoms with Gasteiger partial charge in [-0.05, 0) is 83.4 Å². The lowest BCUT2D eigenvalue weighted by Crippen LogP contribution is -2.16. The first-order chi connectivity index (χ1) is 18.7. The Morgan fingerprint density at radius 3 is 2.62 bits per heavy atom. The van der Waals surface area contributed by atoms with Gasteiger partial charge < -0.3 is 10.6 Å². The molecule has 0 fully saturated rings. The minimum absolute atomic E-state index is 0.344. The molecule has 1 aromatic carbocycles. The molecule has 4 heterocycles.